The molecule has 1 fully saturated rings. The second kappa shape index (κ2) is 13.1. The predicted octanol–water partition coefficient (Wildman–Crippen LogP) is 4.32. The molecule has 1 aliphatic rings. The van der Waals surface area contributed by atoms with Gasteiger partial charge in [-0.2, -0.15) is 0 Å². The third-order valence-corrected chi connectivity index (χ3v) is 5.37. The van der Waals surface area contributed by atoms with Crippen molar-refractivity contribution in [2.75, 3.05) is 26.1 Å². The molecule has 32 heavy (non-hydrogen) atoms. The van der Waals surface area contributed by atoms with Crippen LogP contribution in [0.4, 0.5) is 5.69 Å². The summed E-state index contributed by atoms with van der Waals surface area (Å²) in [4.78, 5) is 16.9. The first-order valence-corrected chi connectivity index (χ1v) is 10.8. The average molecular weight is 552 g/mol. The molecule has 0 bridgehead atoms. The van der Waals surface area contributed by atoms with E-state index in [0.717, 1.165) is 54.1 Å². The number of benzene rings is 2. The Morgan fingerprint density at radius 2 is 1.91 bits per heavy atom. The van der Waals surface area contributed by atoms with Crippen molar-refractivity contribution >= 4 is 41.5 Å². The summed E-state index contributed by atoms with van der Waals surface area (Å²) >= 11 is 0. The smallest absolute Gasteiger partial charge is 0.227 e. The fourth-order valence-corrected chi connectivity index (χ4v) is 3.35. The number of nitrogens with one attached hydrogen (secondary N) is 3. The van der Waals surface area contributed by atoms with Crippen molar-refractivity contribution in [3.63, 3.8) is 0 Å². The summed E-state index contributed by atoms with van der Waals surface area (Å²) in [5.41, 5.74) is 2.87. The zero-order chi connectivity index (χ0) is 22.1. The number of hydrogen-bond acceptors (Lipinski definition) is 4. The highest BCUT2D eigenvalue weighted by Crippen LogP contribution is 2.28. The standard InChI is InChI=1S/C24H32N4O3.HI/c1-4-25-24(27-16-19-11-12-21(30-2)14-22(19)31-3)26-15-17-7-5-10-20(13-17)28-23(29)18-8-6-9-18;/h5,7,10-14,18H,4,6,8-9,15-16H2,1-3H3,(H,28,29)(H2,25,26,27);1H. The summed E-state index contributed by atoms with van der Waals surface area (Å²) in [5, 5.41) is 9.63. The highest BCUT2D eigenvalue weighted by molar-refractivity contribution is 14.0. The molecular formula is C24H33IN4O3. The van der Waals surface area contributed by atoms with Crippen molar-refractivity contribution in [1.82, 2.24) is 10.6 Å². The number of rotatable bonds is 9. The minimum atomic E-state index is 0. The maximum atomic E-state index is 12.2. The summed E-state index contributed by atoms with van der Waals surface area (Å²) in [5.74, 6) is 2.52. The van der Waals surface area contributed by atoms with Gasteiger partial charge in [0.15, 0.2) is 5.96 Å². The molecule has 3 N–H and O–H groups in total. The summed E-state index contributed by atoms with van der Waals surface area (Å²) in [6, 6.07) is 13.6. The SMILES string of the molecule is CCNC(=NCc1cccc(NC(=O)C2CCC2)c1)NCc1ccc(OC)cc1OC.I. The molecule has 0 spiro atoms. The second-order valence-corrected chi connectivity index (χ2v) is 7.54. The van der Waals surface area contributed by atoms with Gasteiger partial charge in [0.1, 0.15) is 11.5 Å². The highest BCUT2D eigenvalue weighted by atomic mass is 127. The van der Waals surface area contributed by atoms with E-state index in [-0.39, 0.29) is 35.8 Å². The van der Waals surface area contributed by atoms with Gasteiger partial charge in [-0.1, -0.05) is 18.6 Å². The van der Waals surface area contributed by atoms with Crippen molar-refractivity contribution in [3.8, 4) is 11.5 Å². The number of aliphatic imine (C=N–C) groups is 1. The third kappa shape index (κ3) is 7.29. The van der Waals surface area contributed by atoms with Crippen LogP contribution >= 0.6 is 24.0 Å². The molecule has 0 aliphatic heterocycles. The fraction of sp³-hybridized carbons (Fsp3) is 0.417. The molecule has 7 nitrogen and oxygen atoms in total. The average Bonchev–Trinajstić information content (AvgIpc) is 2.74. The minimum Gasteiger partial charge on any atom is -0.497 e. The Morgan fingerprint density at radius 3 is 2.56 bits per heavy atom. The molecule has 0 aromatic heterocycles. The normalized spacial score (nSPS) is 13.4. The number of anilines is 1. The maximum Gasteiger partial charge on any atom is 0.227 e. The molecule has 1 saturated carbocycles. The van der Waals surface area contributed by atoms with E-state index in [4.69, 9.17) is 9.47 Å². The van der Waals surface area contributed by atoms with Gasteiger partial charge in [-0.25, -0.2) is 4.99 Å². The number of ether oxygens (including phenoxy) is 2. The number of carbonyl (C=O) groups is 1. The van der Waals surface area contributed by atoms with Gasteiger partial charge in [-0.05, 0) is 49.6 Å². The van der Waals surface area contributed by atoms with Crippen molar-refractivity contribution in [2.45, 2.75) is 39.3 Å². The van der Waals surface area contributed by atoms with E-state index in [0.29, 0.717) is 19.0 Å². The van der Waals surface area contributed by atoms with E-state index in [1.165, 1.54) is 0 Å². The molecule has 2 aromatic rings. The van der Waals surface area contributed by atoms with E-state index in [9.17, 15) is 4.79 Å². The number of carbonyl (C=O) groups excluding carboxylic acids is 1. The molecule has 0 unspecified atom stereocenters. The quantitative estimate of drug-likeness (QED) is 0.245. The summed E-state index contributed by atoms with van der Waals surface area (Å²) < 4.78 is 10.7. The van der Waals surface area contributed by atoms with E-state index >= 15 is 0 Å². The van der Waals surface area contributed by atoms with E-state index < -0.39 is 0 Å². The molecule has 1 amide bonds. The fourth-order valence-electron chi connectivity index (χ4n) is 3.35. The van der Waals surface area contributed by atoms with Gasteiger partial charge in [0, 0.05) is 36.3 Å². The predicted molar refractivity (Wildman–Crippen MR) is 139 cm³/mol. The first-order chi connectivity index (χ1) is 15.1. The Morgan fingerprint density at radius 1 is 1.09 bits per heavy atom. The largest absolute Gasteiger partial charge is 0.497 e. The molecule has 1 aliphatic carbocycles. The zero-order valence-electron chi connectivity index (χ0n) is 18.9. The molecule has 0 saturated heterocycles. The number of nitrogens with zero attached hydrogens (tertiary/aromatic N) is 1. The molecule has 0 radical (unpaired) electrons. The topological polar surface area (TPSA) is 84.0 Å². The highest BCUT2D eigenvalue weighted by Gasteiger charge is 2.25. The lowest BCUT2D eigenvalue weighted by atomic mass is 9.85. The Bertz CT molecular complexity index is 916. The lowest BCUT2D eigenvalue weighted by Gasteiger charge is -2.24. The van der Waals surface area contributed by atoms with Gasteiger partial charge in [0.05, 0.1) is 20.8 Å². The van der Waals surface area contributed by atoms with E-state index in [1.54, 1.807) is 14.2 Å². The van der Waals surface area contributed by atoms with Gasteiger partial charge < -0.3 is 25.4 Å². The van der Waals surface area contributed by atoms with E-state index in [1.807, 2.05) is 49.4 Å². The zero-order valence-corrected chi connectivity index (χ0v) is 21.3. The molecule has 8 heteroatoms. The van der Waals surface area contributed by atoms with Crippen LogP contribution in [-0.4, -0.2) is 32.6 Å². The first kappa shape index (κ1) is 25.8. The van der Waals surface area contributed by atoms with Crippen LogP contribution in [0.25, 0.3) is 0 Å². The molecule has 0 atom stereocenters. The molecule has 0 heterocycles. The number of hydrogen-bond donors (Lipinski definition) is 3. The van der Waals surface area contributed by atoms with Gasteiger partial charge in [0.2, 0.25) is 5.91 Å². The Labute approximate surface area is 207 Å². The number of methoxy groups -OCH3 is 2. The Hall–Kier alpha value is -2.49. The third-order valence-electron chi connectivity index (χ3n) is 5.37. The second-order valence-electron chi connectivity index (χ2n) is 7.54. The summed E-state index contributed by atoms with van der Waals surface area (Å²) in [6.07, 6.45) is 3.13. The van der Waals surface area contributed by atoms with Crippen molar-refractivity contribution in [3.05, 3.63) is 53.6 Å². The van der Waals surface area contributed by atoms with Crippen LogP contribution in [0.1, 0.15) is 37.3 Å². The van der Waals surface area contributed by atoms with Crippen LogP contribution in [0.15, 0.2) is 47.5 Å². The molecule has 174 valence electrons. The van der Waals surface area contributed by atoms with Gasteiger partial charge >= 0.3 is 0 Å². The molecule has 2 aromatic carbocycles. The van der Waals surface area contributed by atoms with Crippen molar-refractivity contribution < 1.29 is 14.3 Å². The van der Waals surface area contributed by atoms with Gasteiger partial charge in [-0.15, -0.1) is 24.0 Å². The molecular weight excluding hydrogens is 519 g/mol. The van der Waals surface area contributed by atoms with Crippen molar-refractivity contribution in [2.24, 2.45) is 10.9 Å². The number of guanidine groups is 1. The van der Waals surface area contributed by atoms with Crippen LogP contribution in [-0.2, 0) is 17.9 Å². The van der Waals surface area contributed by atoms with Crippen molar-refractivity contribution in [1.29, 1.82) is 0 Å². The van der Waals surface area contributed by atoms with Crippen LogP contribution in [0.3, 0.4) is 0 Å². The van der Waals surface area contributed by atoms with Crippen LogP contribution in [0, 0.1) is 5.92 Å². The number of amides is 1. The monoisotopic (exact) mass is 552 g/mol. The van der Waals surface area contributed by atoms with Gasteiger partial charge in [-0.3, -0.25) is 4.79 Å². The minimum absolute atomic E-state index is 0. The van der Waals surface area contributed by atoms with E-state index in [2.05, 4.69) is 20.9 Å². The lowest BCUT2D eigenvalue weighted by molar-refractivity contribution is -0.122. The summed E-state index contributed by atoms with van der Waals surface area (Å²) in [7, 11) is 3.28. The summed E-state index contributed by atoms with van der Waals surface area (Å²) in [6.45, 7) is 3.85. The van der Waals surface area contributed by atoms with Crippen LogP contribution in [0.5, 0.6) is 11.5 Å². The lowest BCUT2D eigenvalue weighted by Crippen LogP contribution is -2.36. The Balaban J connectivity index is 0.00000363. The van der Waals surface area contributed by atoms with Crippen LogP contribution in [0.2, 0.25) is 0 Å². The first-order valence-electron chi connectivity index (χ1n) is 10.8. The van der Waals surface area contributed by atoms with Crippen LogP contribution < -0.4 is 25.4 Å². The molecule has 3 rings (SSSR count). The Kier molecular flexibility index (Phi) is 10.6. The maximum absolute atomic E-state index is 12.2. The number of halogens is 1. The van der Waals surface area contributed by atoms with Gasteiger partial charge in [0.25, 0.3) is 0 Å².